The van der Waals surface area contributed by atoms with E-state index < -0.39 is 71.4 Å². The van der Waals surface area contributed by atoms with Crippen LogP contribution in [0.4, 0.5) is 40.9 Å². The first-order chi connectivity index (χ1) is 18.6. The highest BCUT2D eigenvalue weighted by molar-refractivity contribution is 6.37. The molecule has 0 bridgehead atoms. The Morgan fingerprint density at radius 1 is 1.25 bits per heavy atom. The Hall–Kier alpha value is -3.37. The number of aliphatic imine (C=N–C) groups is 1. The predicted molar refractivity (Wildman–Crippen MR) is 124 cm³/mol. The number of hydrazone groups is 1. The highest BCUT2D eigenvalue weighted by atomic mass is 19.4. The van der Waals surface area contributed by atoms with E-state index in [4.69, 9.17) is 4.74 Å². The molecule has 0 aliphatic carbocycles. The summed E-state index contributed by atoms with van der Waals surface area (Å²) in [5.41, 5.74) is -0.900. The smallest absolute Gasteiger partial charge is 0.379 e. The minimum Gasteiger partial charge on any atom is -0.379 e. The van der Waals surface area contributed by atoms with Crippen molar-refractivity contribution in [3.63, 3.8) is 0 Å². The minimum absolute atomic E-state index is 0.0860. The first-order valence-electron chi connectivity index (χ1n) is 12.1. The largest absolute Gasteiger partial charge is 0.417 e. The molecule has 1 fully saturated rings. The van der Waals surface area contributed by atoms with Crippen LogP contribution >= 0.6 is 0 Å². The standard InChI is InChI=1S/C23H24F8N6O3/c1-12(34-16-9-33-35-20(39)18(16)23(29,30)31)11-40-5-2-17(38)36-3-4-37-14(10-36)7-21(24,25)15-6-13(22(26,27)28)8-32-19(15)37/h6,8-9,12,14,18H,2-5,7,10-11H2,1H3,(H,35,39)/t12-,14-,18?/m0/s1. The summed E-state index contributed by atoms with van der Waals surface area (Å²) in [5.74, 6) is -8.05. The van der Waals surface area contributed by atoms with Crippen molar-refractivity contribution in [2.45, 2.75) is 50.1 Å². The summed E-state index contributed by atoms with van der Waals surface area (Å²) in [6, 6.07) is -1.25. The van der Waals surface area contributed by atoms with E-state index in [0.29, 0.717) is 12.3 Å². The first kappa shape index (κ1) is 29.6. The summed E-state index contributed by atoms with van der Waals surface area (Å²) in [7, 11) is 0. The molecule has 3 atom stereocenters. The van der Waals surface area contributed by atoms with Gasteiger partial charge < -0.3 is 14.5 Å². The van der Waals surface area contributed by atoms with Crippen molar-refractivity contribution in [3.05, 3.63) is 23.4 Å². The van der Waals surface area contributed by atoms with Crippen LogP contribution in [0.2, 0.25) is 0 Å². The third kappa shape index (κ3) is 6.33. The number of amides is 2. The van der Waals surface area contributed by atoms with Crippen LogP contribution in [0.15, 0.2) is 22.4 Å². The maximum absolute atomic E-state index is 14.8. The molecule has 1 unspecified atom stereocenters. The van der Waals surface area contributed by atoms with E-state index >= 15 is 0 Å². The van der Waals surface area contributed by atoms with Crippen LogP contribution < -0.4 is 10.3 Å². The van der Waals surface area contributed by atoms with Gasteiger partial charge in [-0.05, 0) is 13.0 Å². The molecule has 1 N–H and O–H groups in total. The third-order valence-electron chi connectivity index (χ3n) is 6.63. The Bertz CT molecular complexity index is 1200. The SMILES string of the molecule is C[C@@H](COCCC(=O)N1CCN2c3ncc(C(F)(F)F)cc3C(F)(F)C[C@H]2C1)N=C1C=NNC(=O)C1C(F)(F)F. The fourth-order valence-corrected chi connectivity index (χ4v) is 4.77. The first-order valence-corrected chi connectivity index (χ1v) is 12.1. The quantitative estimate of drug-likeness (QED) is 0.409. The number of fused-ring (bicyclic) bond motifs is 3. The molecule has 1 aromatic heterocycles. The number of hydrogen-bond donors (Lipinski definition) is 1. The molecule has 0 spiro atoms. The molecule has 4 rings (SSSR count). The van der Waals surface area contributed by atoms with Crippen molar-refractivity contribution in [2.24, 2.45) is 16.0 Å². The van der Waals surface area contributed by atoms with Crippen molar-refractivity contribution in [3.8, 4) is 0 Å². The van der Waals surface area contributed by atoms with Gasteiger partial charge in [0, 0.05) is 32.3 Å². The van der Waals surface area contributed by atoms with Crippen molar-refractivity contribution >= 4 is 29.6 Å². The van der Waals surface area contributed by atoms with Crippen molar-refractivity contribution < 1.29 is 49.4 Å². The summed E-state index contributed by atoms with van der Waals surface area (Å²) in [6.45, 7) is 1.27. The van der Waals surface area contributed by atoms with Gasteiger partial charge in [0.1, 0.15) is 5.82 Å². The number of carbonyl (C=O) groups excluding carboxylic acids is 2. The van der Waals surface area contributed by atoms with Crippen molar-refractivity contribution in [2.75, 3.05) is 37.7 Å². The number of piperazine rings is 1. The van der Waals surface area contributed by atoms with Crippen LogP contribution in [0.1, 0.15) is 30.9 Å². The lowest BCUT2D eigenvalue weighted by Gasteiger charge is -2.47. The average Bonchev–Trinajstić information content (AvgIpc) is 2.84. The third-order valence-corrected chi connectivity index (χ3v) is 6.63. The van der Waals surface area contributed by atoms with E-state index in [2.05, 4.69) is 15.1 Å². The van der Waals surface area contributed by atoms with Gasteiger partial charge in [0.25, 0.3) is 11.8 Å². The number of hydrogen-bond acceptors (Lipinski definition) is 7. The molecule has 40 heavy (non-hydrogen) atoms. The van der Waals surface area contributed by atoms with Crippen molar-refractivity contribution in [1.82, 2.24) is 15.3 Å². The number of nitrogens with one attached hydrogen (secondary N) is 1. The molecule has 1 aromatic rings. The Balaban J connectivity index is 1.30. The summed E-state index contributed by atoms with van der Waals surface area (Å²) in [5, 5.41) is 3.35. The maximum atomic E-state index is 14.8. The Labute approximate surface area is 222 Å². The maximum Gasteiger partial charge on any atom is 0.417 e. The second-order valence-electron chi connectivity index (χ2n) is 9.63. The molecule has 4 heterocycles. The fourth-order valence-electron chi connectivity index (χ4n) is 4.77. The lowest BCUT2D eigenvalue weighted by Crippen LogP contribution is -2.58. The molecule has 17 heteroatoms. The second-order valence-corrected chi connectivity index (χ2v) is 9.63. The molecule has 1 saturated heterocycles. The Morgan fingerprint density at radius 2 is 1.98 bits per heavy atom. The topological polar surface area (TPSA) is 99.5 Å². The fraction of sp³-hybridized carbons (Fsp3) is 0.609. The number of carbonyl (C=O) groups is 2. The van der Waals surface area contributed by atoms with Crippen LogP contribution in [-0.4, -0.2) is 84.7 Å². The molecular formula is C23H24F8N6O3. The molecule has 9 nitrogen and oxygen atoms in total. The van der Waals surface area contributed by atoms with Crippen LogP contribution in [-0.2, 0) is 26.4 Å². The molecule has 0 aromatic carbocycles. The van der Waals surface area contributed by atoms with E-state index in [1.807, 2.05) is 0 Å². The summed E-state index contributed by atoms with van der Waals surface area (Å²) in [6.07, 6.45) is -9.31. The van der Waals surface area contributed by atoms with E-state index in [9.17, 15) is 44.7 Å². The predicted octanol–water partition coefficient (Wildman–Crippen LogP) is 3.14. The normalized spacial score (nSPS) is 24.4. The van der Waals surface area contributed by atoms with Crippen LogP contribution in [0.3, 0.4) is 0 Å². The molecule has 0 radical (unpaired) electrons. The number of alkyl halides is 8. The van der Waals surface area contributed by atoms with Gasteiger partial charge >= 0.3 is 12.4 Å². The van der Waals surface area contributed by atoms with Gasteiger partial charge in [-0.1, -0.05) is 0 Å². The van der Waals surface area contributed by atoms with Crippen molar-refractivity contribution in [1.29, 1.82) is 0 Å². The van der Waals surface area contributed by atoms with E-state index in [1.54, 1.807) is 5.43 Å². The lowest BCUT2D eigenvalue weighted by atomic mass is 9.92. The van der Waals surface area contributed by atoms with Gasteiger partial charge in [0.2, 0.25) is 5.91 Å². The monoisotopic (exact) mass is 584 g/mol. The number of halogens is 8. The lowest BCUT2D eigenvalue weighted by molar-refractivity contribution is -0.168. The summed E-state index contributed by atoms with van der Waals surface area (Å²) in [4.78, 5) is 34.6. The molecule has 0 saturated carbocycles. The molecule has 220 valence electrons. The van der Waals surface area contributed by atoms with Crippen LogP contribution in [0.5, 0.6) is 0 Å². The molecule has 3 aliphatic rings. The molecule has 3 aliphatic heterocycles. The van der Waals surface area contributed by atoms with E-state index in [1.165, 1.54) is 16.7 Å². The zero-order valence-electron chi connectivity index (χ0n) is 20.9. The van der Waals surface area contributed by atoms with Crippen LogP contribution in [0, 0.1) is 5.92 Å². The van der Waals surface area contributed by atoms with E-state index in [0.717, 1.165) is 6.21 Å². The molecule has 2 amide bonds. The molecular weight excluding hydrogens is 560 g/mol. The van der Waals surface area contributed by atoms with Gasteiger partial charge in [0.15, 0.2) is 5.92 Å². The van der Waals surface area contributed by atoms with Crippen LogP contribution in [0.25, 0.3) is 0 Å². The number of ether oxygens (including phenoxy) is 1. The summed E-state index contributed by atoms with van der Waals surface area (Å²) >= 11 is 0. The zero-order valence-corrected chi connectivity index (χ0v) is 20.9. The van der Waals surface area contributed by atoms with Gasteiger partial charge in [0.05, 0.1) is 54.8 Å². The highest BCUT2D eigenvalue weighted by Gasteiger charge is 2.50. The minimum atomic E-state index is -4.86. The second kappa shape index (κ2) is 10.9. The van der Waals surface area contributed by atoms with Gasteiger partial charge in [-0.15, -0.1) is 0 Å². The van der Waals surface area contributed by atoms with E-state index in [-0.39, 0.29) is 45.1 Å². The number of aromatic nitrogens is 1. The average molecular weight is 584 g/mol. The van der Waals surface area contributed by atoms with Gasteiger partial charge in [-0.2, -0.15) is 31.4 Å². The number of pyridine rings is 1. The number of anilines is 1. The highest BCUT2D eigenvalue weighted by Crippen LogP contribution is 2.46. The van der Waals surface area contributed by atoms with Gasteiger partial charge in [-0.3, -0.25) is 14.6 Å². The Morgan fingerprint density at radius 3 is 2.65 bits per heavy atom. The number of nitrogens with zero attached hydrogens (tertiary/aromatic N) is 5. The Kier molecular flexibility index (Phi) is 8.06. The number of rotatable bonds is 6. The summed E-state index contributed by atoms with van der Waals surface area (Å²) < 4.78 is 114. The zero-order chi connectivity index (χ0) is 29.5. The van der Waals surface area contributed by atoms with Gasteiger partial charge in [-0.25, -0.2) is 19.2 Å².